The van der Waals surface area contributed by atoms with Crippen molar-refractivity contribution in [1.29, 1.82) is 0 Å². The summed E-state index contributed by atoms with van der Waals surface area (Å²) in [5.74, 6) is 1.96. The Bertz CT molecular complexity index is 904. The molecule has 0 heterocycles. The van der Waals surface area contributed by atoms with Crippen molar-refractivity contribution in [3.63, 3.8) is 0 Å². The number of carbonyl (C=O) groups is 2. The Kier molecular flexibility index (Phi) is 9.55. The molecule has 4 N–H and O–H groups in total. The maximum atomic E-state index is 12.9. The maximum absolute atomic E-state index is 12.9. The number of nitrogens with two attached hydrogens (primary N) is 1. The van der Waals surface area contributed by atoms with Crippen LogP contribution in [-0.4, -0.2) is 30.8 Å². The second kappa shape index (κ2) is 11.9. The number of nitrogens with one attached hydrogen (secondary N) is 2. The number of hydrogen-bond acceptors (Lipinski definition) is 5. The highest BCUT2D eigenvalue weighted by atomic mass is 32.2. The lowest BCUT2D eigenvalue weighted by molar-refractivity contribution is -0.139. The third kappa shape index (κ3) is 6.84. The molecule has 3 saturated carbocycles. The molecule has 4 rings (SSSR count). The van der Waals surface area contributed by atoms with Gasteiger partial charge in [-0.1, -0.05) is 45.2 Å². The summed E-state index contributed by atoms with van der Waals surface area (Å²) in [5.41, 5.74) is 3.94. The van der Waals surface area contributed by atoms with Crippen LogP contribution in [0.4, 0.5) is 13.2 Å². The van der Waals surface area contributed by atoms with E-state index in [1.54, 1.807) is 6.07 Å². The lowest BCUT2D eigenvalue weighted by Gasteiger charge is -2.49. The zero-order chi connectivity index (χ0) is 26.6. The topological polar surface area (TPSA) is 84.2 Å². The van der Waals surface area contributed by atoms with Gasteiger partial charge in [0.2, 0.25) is 5.91 Å². The summed E-state index contributed by atoms with van der Waals surface area (Å²) in [4.78, 5) is 23.0. The molecule has 0 aliphatic heterocycles. The summed E-state index contributed by atoms with van der Waals surface area (Å²) < 4.78 is 41.6. The van der Waals surface area contributed by atoms with Crippen molar-refractivity contribution in [3.8, 4) is 0 Å². The Morgan fingerprint density at radius 1 is 1.14 bits per heavy atom. The molecule has 3 aliphatic carbocycles. The van der Waals surface area contributed by atoms with Crippen molar-refractivity contribution in [1.82, 2.24) is 10.0 Å². The van der Waals surface area contributed by atoms with E-state index >= 15 is 0 Å². The summed E-state index contributed by atoms with van der Waals surface area (Å²) in [6.07, 6.45) is 5.22. The number of amides is 1. The smallest absolute Gasteiger partial charge is 0.369 e. The third-order valence-corrected chi connectivity index (χ3v) is 9.45. The van der Waals surface area contributed by atoms with Crippen LogP contribution in [0, 0.1) is 23.2 Å². The van der Waals surface area contributed by atoms with Crippen LogP contribution >= 0.6 is 11.9 Å². The number of halogens is 3. The van der Waals surface area contributed by atoms with Gasteiger partial charge in [0, 0.05) is 16.4 Å². The van der Waals surface area contributed by atoms with Crippen LogP contribution in [0.3, 0.4) is 0 Å². The minimum absolute atomic E-state index is 0.104. The van der Waals surface area contributed by atoms with Crippen LogP contribution in [0.2, 0.25) is 0 Å². The van der Waals surface area contributed by atoms with E-state index in [4.69, 9.17) is 5.73 Å². The molecule has 0 radical (unpaired) electrons. The van der Waals surface area contributed by atoms with E-state index < -0.39 is 17.3 Å². The van der Waals surface area contributed by atoms with Gasteiger partial charge in [-0.2, -0.15) is 13.2 Å². The average Bonchev–Trinajstić information content (AvgIpc) is 2.83. The quantitative estimate of drug-likeness (QED) is 0.325. The highest BCUT2D eigenvalue weighted by Gasteiger charge is 2.47. The van der Waals surface area contributed by atoms with E-state index in [-0.39, 0.29) is 16.2 Å². The zero-order valence-electron chi connectivity index (χ0n) is 21.5. The number of hydrogen-bond donors (Lipinski definition) is 3. The molecule has 202 valence electrons. The van der Waals surface area contributed by atoms with Gasteiger partial charge in [-0.05, 0) is 87.4 Å². The average molecular weight is 528 g/mol. The van der Waals surface area contributed by atoms with Gasteiger partial charge in [-0.25, -0.2) is 4.72 Å². The molecular formula is C27H40F3N3O2S. The molecule has 2 bridgehead atoms. The van der Waals surface area contributed by atoms with Crippen LogP contribution in [-0.2, 0) is 15.8 Å². The minimum Gasteiger partial charge on any atom is -0.369 e. The molecule has 0 aromatic heterocycles. The molecule has 1 aromatic carbocycles. The van der Waals surface area contributed by atoms with Gasteiger partial charge >= 0.3 is 6.18 Å². The number of benzene rings is 1. The Morgan fingerprint density at radius 3 is 2.39 bits per heavy atom. The summed E-state index contributed by atoms with van der Waals surface area (Å²) in [5, 5.41) is 3.43. The number of carbonyl (C=O) groups excluding carboxylic acids is 2. The molecule has 5 nitrogen and oxygen atoms in total. The van der Waals surface area contributed by atoms with Crippen LogP contribution in [0.1, 0.15) is 77.2 Å². The van der Waals surface area contributed by atoms with Crippen LogP contribution in [0.15, 0.2) is 29.2 Å². The van der Waals surface area contributed by atoms with Crippen molar-refractivity contribution >= 4 is 24.1 Å². The first-order chi connectivity index (χ1) is 16.9. The Morgan fingerprint density at radius 2 is 1.81 bits per heavy atom. The van der Waals surface area contributed by atoms with E-state index in [1.807, 2.05) is 7.05 Å². The van der Waals surface area contributed by atoms with Gasteiger partial charge in [-0.3, -0.25) is 4.79 Å². The highest BCUT2D eigenvalue weighted by Crippen LogP contribution is 2.50. The maximum Gasteiger partial charge on any atom is 0.417 e. The third-order valence-electron chi connectivity index (χ3n) is 8.37. The normalized spacial score (nSPS) is 31.6. The standard InChI is InChI=1S/C14H16F3NOS.C13H24N2O/c15-14(16,17)11-6-2-3-7-12(11)20-18-13(10-19)8-4-1-5-9-13;1-8-4-9-5-10(11(8)15-3)7-13(2,6-9)12(14)16/h2-3,6-7,10,18H,1,4-5,8-9H2;8-11,15H,4-7H2,1-3H3,(H2,14,16). The van der Waals surface area contributed by atoms with E-state index in [2.05, 4.69) is 23.9 Å². The Balaban J connectivity index is 0.000000205. The summed E-state index contributed by atoms with van der Waals surface area (Å²) in [6.45, 7) is 4.38. The van der Waals surface area contributed by atoms with Gasteiger partial charge in [0.15, 0.2) is 0 Å². The van der Waals surface area contributed by atoms with Crippen molar-refractivity contribution in [2.45, 2.75) is 94.3 Å². The van der Waals surface area contributed by atoms with E-state index in [9.17, 15) is 22.8 Å². The van der Waals surface area contributed by atoms with Gasteiger partial charge < -0.3 is 15.8 Å². The highest BCUT2D eigenvalue weighted by molar-refractivity contribution is 7.97. The summed E-state index contributed by atoms with van der Waals surface area (Å²) in [7, 11) is 2.04. The van der Waals surface area contributed by atoms with Crippen LogP contribution in [0.25, 0.3) is 0 Å². The first-order valence-corrected chi connectivity index (χ1v) is 13.8. The first-order valence-electron chi connectivity index (χ1n) is 13.0. The molecular weight excluding hydrogens is 487 g/mol. The van der Waals surface area contributed by atoms with Crippen molar-refractivity contribution in [2.75, 3.05) is 7.05 Å². The second-order valence-corrected chi connectivity index (χ2v) is 12.1. The largest absolute Gasteiger partial charge is 0.417 e. The summed E-state index contributed by atoms with van der Waals surface area (Å²) in [6, 6.07) is 5.96. The fraction of sp³-hybridized carbons (Fsp3) is 0.704. The zero-order valence-corrected chi connectivity index (χ0v) is 22.3. The molecule has 1 amide bonds. The number of primary amides is 1. The van der Waals surface area contributed by atoms with E-state index in [0.29, 0.717) is 30.7 Å². The van der Waals surface area contributed by atoms with Gasteiger partial charge in [-0.15, -0.1) is 0 Å². The SMILES string of the molecule is CNC1C(C)CC2CC1CC(C)(C(N)=O)C2.O=CC1(NSc2ccccc2C(F)(F)F)CCCCC1. The number of rotatable bonds is 6. The minimum atomic E-state index is -4.38. The van der Waals surface area contributed by atoms with Crippen LogP contribution < -0.4 is 15.8 Å². The molecule has 0 saturated heterocycles. The van der Waals surface area contributed by atoms with Crippen molar-refractivity contribution in [3.05, 3.63) is 29.8 Å². The molecule has 5 unspecified atom stereocenters. The molecule has 0 spiro atoms. The first kappa shape index (κ1) is 29.0. The molecule has 36 heavy (non-hydrogen) atoms. The molecule has 3 fully saturated rings. The lowest BCUT2D eigenvalue weighted by Crippen LogP contribution is -2.52. The van der Waals surface area contributed by atoms with Crippen molar-refractivity contribution < 1.29 is 22.8 Å². The molecule has 9 heteroatoms. The Hall–Kier alpha value is -1.58. The second-order valence-electron chi connectivity index (χ2n) is 11.3. The number of alkyl halides is 3. The Labute approximate surface area is 217 Å². The van der Waals surface area contributed by atoms with Crippen molar-refractivity contribution in [2.24, 2.45) is 28.9 Å². The lowest BCUT2D eigenvalue weighted by atomic mass is 9.57. The summed E-state index contributed by atoms with van der Waals surface area (Å²) >= 11 is 0.903. The predicted octanol–water partition coefficient (Wildman–Crippen LogP) is 5.73. The van der Waals surface area contributed by atoms with Crippen LogP contribution in [0.5, 0.6) is 0 Å². The molecule has 3 aliphatic rings. The fourth-order valence-electron chi connectivity index (χ4n) is 6.58. The van der Waals surface area contributed by atoms with Gasteiger partial charge in [0.05, 0.1) is 11.1 Å². The fourth-order valence-corrected chi connectivity index (χ4v) is 7.58. The number of fused-ring (bicyclic) bond motifs is 2. The number of aldehydes is 1. The van der Waals surface area contributed by atoms with E-state index in [1.165, 1.54) is 25.0 Å². The molecule has 5 atom stereocenters. The monoisotopic (exact) mass is 527 g/mol. The van der Waals surface area contributed by atoms with Gasteiger partial charge in [0.1, 0.15) is 6.29 Å². The molecule has 1 aromatic rings. The van der Waals surface area contributed by atoms with Gasteiger partial charge in [0.25, 0.3) is 0 Å². The van der Waals surface area contributed by atoms with E-state index in [0.717, 1.165) is 62.3 Å². The predicted molar refractivity (Wildman–Crippen MR) is 137 cm³/mol.